The molecule has 0 unspecified atom stereocenters. The first-order valence-corrected chi connectivity index (χ1v) is 1.88. The molecule has 0 aromatic carbocycles. The second kappa shape index (κ2) is 1.60. The fourth-order valence-electron chi connectivity index (χ4n) is 0. The summed E-state index contributed by atoms with van der Waals surface area (Å²) in [7, 11) is 2.69. The first-order valence-electron chi connectivity index (χ1n) is 1.88. The zero-order chi connectivity index (χ0) is 6.08. The van der Waals surface area contributed by atoms with Crippen LogP contribution in [-0.4, -0.2) is 29.9 Å². The number of hydrogen-bond acceptors (Lipinski definition) is 2. The van der Waals surface area contributed by atoms with Gasteiger partial charge in [-0.25, -0.2) is 10.0 Å². The molecule has 0 saturated heterocycles. The highest BCUT2D eigenvalue weighted by Gasteiger charge is 2.16. The monoisotopic (exact) mass is 103 g/mol. The lowest BCUT2D eigenvalue weighted by Gasteiger charge is -2.12. The molecule has 0 aromatic rings. The number of hydroxylamine groups is 3. The minimum Gasteiger partial charge on any atom is -0.228 e. The number of carbonyl (C=O) groups excluding carboxylic acids is 1. The molecule has 0 fully saturated rings. The standard InChI is InChI=1S/C4H9NO2/c1-4(6)5(2,3)7/h7H,1H2,2-3H3/q+1. The van der Waals surface area contributed by atoms with E-state index in [1.165, 1.54) is 14.1 Å². The number of hydrogen-bond donors (Lipinski definition) is 1. The molecule has 0 rings (SSSR count). The molecule has 0 spiro atoms. The lowest BCUT2D eigenvalue weighted by Crippen LogP contribution is -2.40. The van der Waals surface area contributed by atoms with Crippen molar-refractivity contribution in [1.82, 2.24) is 0 Å². The third-order valence-corrected chi connectivity index (χ3v) is 0.610. The van der Waals surface area contributed by atoms with Gasteiger partial charge in [-0.3, -0.25) is 0 Å². The fourth-order valence-corrected chi connectivity index (χ4v) is 0. The first-order chi connectivity index (χ1) is 2.94. The molecule has 0 aliphatic carbocycles. The molecular formula is C4H9NO2+. The highest BCUT2D eigenvalue weighted by atomic mass is 16.6. The van der Waals surface area contributed by atoms with Crippen molar-refractivity contribution in [2.75, 3.05) is 14.1 Å². The van der Waals surface area contributed by atoms with Crippen LogP contribution in [0, 0.1) is 6.92 Å². The van der Waals surface area contributed by atoms with E-state index < -0.39 is 10.6 Å². The highest BCUT2D eigenvalue weighted by Crippen LogP contribution is 1.86. The van der Waals surface area contributed by atoms with Gasteiger partial charge in [-0.2, -0.15) is 0 Å². The van der Waals surface area contributed by atoms with Gasteiger partial charge in [0.25, 0.3) is 0 Å². The summed E-state index contributed by atoms with van der Waals surface area (Å²) in [6.07, 6.45) is 0. The van der Waals surface area contributed by atoms with Gasteiger partial charge in [-0.15, -0.1) is 4.65 Å². The van der Waals surface area contributed by atoms with E-state index in [0.717, 1.165) is 0 Å². The topological polar surface area (TPSA) is 37.3 Å². The Bertz CT molecular complexity index is 82.2. The molecule has 0 saturated carbocycles. The number of rotatable bonds is 0. The maximum atomic E-state index is 10.1. The fraction of sp³-hybridized carbons (Fsp3) is 0.500. The van der Waals surface area contributed by atoms with Crippen molar-refractivity contribution >= 4 is 5.91 Å². The van der Waals surface area contributed by atoms with E-state index in [2.05, 4.69) is 6.92 Å². The van der Waals surface area contributed by atoms with Crippen molar-refractivity contribution in [3.63, 3.8) is 0 Å². The number of quaternary nitrogens is 1. The number of amides is 1. The van der Waals surface area contributed by atoms with Crippen LogP contribution < -0.4 is 0 Å². The zero-order valence-electron chi connectivity index (χ0n) is 4.51. The third kappa shape index (κ3) is 2.31. The summed E-state index contributed by atoms with van der Waals surface area (Å²) >= 11 is 0. The van der Waals surface area contributed by atoms with Crippen LogP contribution in [0.4, 0.5) is 0 Å². The molecule has 3 heteroatoms. The van der Waals surface area contributed by atoms with Crippen LogP contribution in [0.2, 0.25) is 0 Å². The van der Waals surface area contributed by atoms with Gasteiger partial charge in [-0.05, 0) is 0 Å². The number of carbonyl (C=O) groups is 1. The largest absolute Gasteiger partial charge is 0.345 e. The molecular weight excluding hydrogens is 94.0 g/mol. The quantitative estimate of drug-likeness (QED) is 0.262. The van der Waals surface area contributed by atoms with Crippen LogP contribution in [0.15, 0.2) is 0 Å². The normalized spacial score (nSPS) is 11.4. The summed E-state index contributed by atoms with van der Waals surface area (Å²) in [5, 5.41) is 8.62. The Labute approximate surface area is 42.7 Å². The summed E-state index contributed by atoms with van der Waals surface area (Å²) in [6, 6.07) is 0. The summed E-state index contributed by atoms with van der Waals surface area (Å²) < 4.78 is -0.694. The Kier molecular flexibility index (Phi) is 1.50. The van der Waals surface area contributed by atoms with Crippen molar-refractivity contribution in [2.24, 2.45) is 0 Å². The van der Waals surface area contributed by atoms with Crippen molar-refractivity contribution in [3.8, 4) is 0 Å². The van der Waals surface area contributed by atoms with Crippen LogP contribution in [0.3, 0.4) is 0 Å². The van der Waals surface area contributed by atoms with Crippen LogP contribution >= 0.6 is 0 Å². The molecule has 0 heterocycles. The first kappa shape index (κ1) is 6.59. The van der Waals surface area contributed by atoms with Gasteiger partial charge in [0, 0.05) is 0 Å². The van der Waals surface area contributed by atoms with Crippen molar-refractivity contribution < 1.29 is 14.6 Å². The predicted molar refractivity (Wildman–Crippen MR) is 24.3 cm³/mol. The van der Waals surface area contributed by atoms with E-state index in [-0.39, 0.29) is 0 Å². The minimum atomic E-state index is -0.694. The Morgan fingerprint density at radius 1 is 1.71 bits per heavy atom. The number of nitrogens with zero attached hydrogens (tertiary/aromatic N) is 1. The molecule has 0 atom stereocenters. The SMILES string of the molecule is [CH2]C(=O)[N+](C)(C)O. The predicted octanol–water partition coefficient (Wildman–Crippen LogP) is -0.187. The zero-order valence-corrected chi connectivity index (χ0v) is 4.51. The molecule has 1 N–H and O–H groups in total. The maximum absolute atomic E-state index is 10.1. The summed E-state index contributed by atoms with van der Waals surface area (Å²) in [4.78, 5) is 10.1. The third-order valence-electron chi connectivity index (χ3n) is 0.610. The van der Waals surface area contributed by atoms with Gasteiger partial charge < -0.3 is 0 Å². The van der Waals surface area contributed by atoms with Crippen LogP contribution in [0.5, 0.6) is 0 Å². The second-order valence-corrected chi connectivity index (χ2v) is 1.79. The van der Waals surface area contributed by atoms with E-state index >= 15 is 0 Å². The Balaban J connectivity index is 3.79. The van der Waals surface area contributed by atoms with Crippen molar-refractivity contribution in [2.45, 2.75) is 0 Å². The van der Waals surface area contributed by atoms with Crippen molar-refractivity contribution in [3.05, 3.63) is 6.92 Å². The molecule has 1 amide bonds. The van der Waals surface area contributed by atoms with E-state index in [4.69, 9.17) is 5.21 Å². The highest BCUT2D eigenvalue weighted by molar-refractivity contribution is 5.72. The summed E-state index contributed by atoms with van der Waals surface area (Å²) in [5.74, 6) is -0.514. The smallest absolute Gasteiger partial charge is 0.228 e. The average Bonchev–Trinajstić information content (AvgIpc) is 1.31. The lowest BCUT2D eigenvalue weighted by molar-refractivity contribution is -1.01. The van der Waals surface area contributed by atoms with Crippen LogP contribution in [-0.2, 0) is 4.79 Å². The lowest BCUT2D eigenvalue weighted by atomic mass is 10.6. The minimum absolute atomic E-state index is 0.514. The van der Waals surface area contributed by atoms with Gasteiger partial charge in [0.05, 0.1) is 6.92 Å². The molecule has 41 valence electrons. The molecule has 7 heavy (non-hydrogen) atoms. The van der Waals surface area contributed by atoms with Crippen molar-refractivity contribution in [1.29, 1.82) is 0 Å². The molecule has 1 radical (unpaired) electrons. The Morgan fingerprint density at radius 3 is 1.86 bits per heavy atom. The van der Waals surface area contributed by atoms with Gasteiger partial charge in [0.15, 0.2) is 0 Å². The van der Waals surface area contributed by atoms with Gasteiger partial charge in [0.1, 0.15) is 14.1 Å². The van der Waals surface area contributed by atoms with Crippen LogP contribution in [0.25, 0.3) is 0 Å². The average molecular weight is 103 g/mol. The van der Waals surface area contributed by atoms with E-state index in [0.29, 0.717) is 0 Å². The summed E-state index contributed by atoms with van der Waals surface area (Å²) in [5.41, 5.74) is 0. The van der Waals surface area contributed by atoms with Gasteiger partial charge >= 0.3 is 5.91 Å². The van der Waals surface area contributed by atoms with Gasteiger partial charge in [0.2, 0.25) is 0 Å². The molecule has 3 nitrogen and oxygen atoms in total. The molecule has 0 aromatic heterocycles. The molecule has 0 bridgehead atoms. The second-order valence-electron chi connectivity index (χ2n) is 1.79. The molecule has 0 aliphatic heterocycles. The van der Waals surface area contributed by atoms with Crippen LogP contribution in [0.1, 0.15) is 0 Å². The van der Waals surface area contributed by atoms with Gasteiger partial charge in [-0.1, -0.05) is 0 Å². The summed E-state index contributed by atoms with van der Waals surface area (Å²) in [6.45, 7) is 2.99. The van der Waals surface area contributed by atoms with E-state index in [1.807, 2.05) is 0 Å². The maximum Gasteiger partial charge on any atom is 0.345 e. The van der Waals surface area contributed by atoms with E-state index in [9.17, 15) is 4.79 Å². The Hall–Kier alpha value is -0.410. The molecule has 0 aliphatic rings. The van der Waals surface area contributed by atoms with E-state index in [1.54, 1.807) is 0 Å². The Morgan fingerprint density at radius 2 is 1.86 bits per heavy atom.